The summed E-state index contributed by atoms with van der Waals surface area (Å²) in [5, 5.41) is 7.67. The number of hydrogen-bond acceptors (Lipinski definition) is 5. The average Bonchev–Trinajstić information content (AvgIpc) is 2.70. The van der Waals surface area contributed by atoms with Gasteiger partial charge in [0.2, 0.25) is 9.84 Å². The fraction of sp³-hybridized carbons (Fsp3) is 0.333. The molecule has 164 valence electrons. The number of pyridine rings is 1. The second-order valence-electron chi connectivity index (χ2n) is 6.36. The van der Waals surface area contributed by atoms with Crippen LogP contribution in [0.25, 0.3) is 11.1 Å². The van der Waals surface area contributed by atoms with Gasteiger partial charge in [-0.25, -0.2) is 12.8 Å². The molecule has 1 aromatic carbocycles. The first-order chi connectivity index (χ1) is 13.9. The third-order valence-corrected chi connectivity index (χ3v) is 5.33. The molecular weight excluding hydrogens is 435 g/mol. The predicted molar refractivity (Wildman–Crippen MR) is 97.3 cm³/mol. The van der Waals surface area contributed by atoms with Crippen molar-refractivity contribution in [2.45, 2.75) is 23.8 Å². The number of carbonyl (C=O) groups excluding carboxylic acids is 1. The smallest absolute Gasteiger partial charge is 0.386 e. The molecule has 6 nitrogen and oxygen atoms in total. The molecule has 12 heteroatoms. The number of sulfone groups is 1. The van der Waals surface area contributed by atoms with Crippen LogP contribution in [0.2, 0.25) is 0 Å². The van der Waals surface area contributed by atoms with Gasteiger partial charge in [-0.2, -0.15) is 17.6 Å². The van der Waals surface area contributed by atoms with Crippen LogP contribution in [0, 0.1) is 0 Å². The third kappa shape index (κ3) is 5.11. The Balaban J connectivity index is 2.20. The van der Waals surface area contributed by atoms with Crippen molar-refractivity contribution in [2.24, 2.45) is 0 Å². The summed E-state index contributed by atoms with van der Waals surface area (Å²) in [6, 6.07) is 6.00. The van der Waals surface area contributed by atoms with Gasteiger partial charge >= 0.3 is 11.7 Å². The SMILES string of the molecule is CS(=O)(=O)C(F)(F)c1ccc(-c2ccc([C@@H](O)[C@@H](CF)NC(=O)C(F)F)cc2)cn1. The molecule has 0 radical (unpaired) electrons. The van der Waals surface area contributed by atoms with Crippen LogP contribution in [0.3, 0.4) is 0 Å². The standard InChI is InChI=1S/C18H17F5N2O4S/c1-30(28,29)18(22,23)14-7-6-12(9-24-14)10-2-4-11(5-3-10)15(26)13(8-19)25-17(27)16(20)21/h2-7,9,13,15-16,26H,8H2,1H3,(H,25,27)/t13-,15-/m1/s1. The molecule has 1 heterocycles. The summed E-state index contributed by atoms with van der Waals surface area (Å²) < 4.78 is 87.6. The first-order valence-electron chi connectivity index (χ1n) is 8.35. The molecule has 0 fully saturated rings. The summed E-state index contributed by atoms with van der Waals surface area (Å²) in [5.41, 5.74) is -0.0382. The first kappa shape index (κ1) is 23.7. The highest BCUT2D eigenvalue weighted by Crippen LogP contribution is 2.33. The number of aliphatic hydroxyl groups excluding tert-OH is 1. The first-order valence-corrected chi connectivity index (χ1v) is 10.2. The van der Waals surface area contributed by atoms with Gasteiger partial charge in [0.05, 0.1) is 6.04 Å². The van der Waals surface area contributed by atoms with Crippen molar-refractivity contribution in [3.05, 3.63) is 53.9 Å². The maximum atomic E-state index is 13.8. The molecule has 0 aliphatic rings. The van der Waals surface area contributed by atoms with Crippen LogP contribution < -0.4 is 5.32 Å². The van der Waals surface area contributed by atoms with Crippen LogP contribution in [0.1, 0.15) is 17.4 Å². The van der Waals surface area contributed by atoms with E-state index in [2.05, 4.69) is 4.98 Å². The van der Waals surface area contributed by atoms with Crippen LogP contribution in [-0.4, -0.2) is 49.8 Å². The molecule has 2 atom stereocenters. The lowest BCUT2D eigenvalue weighted by atomic mass is 9.99. The Morgan fingerprint density at radius 2 is 1.70 bits per heavy atom. The van der Waals surface area contributed by atoms with Crippen molar-refractivity contribution in [1.82, 2.24) is 10.3 Å². The Bertz CT molecular complexity index is 983. The van der Waals surface area contributed by atoms with E-state index in [9.17, 15) is 40.3 Å². The van der Waals surface area contributed by atoms with Gasteiger partial charge in [0.15, 0.2) is 0 Å². The second kappa shape index (κ2) is 9.04. The molecule has 0 bridgehead atoms. The normalized spacial score (nSPS) is 14.4. The lowest BCUT2D eigenvalue weighted by molar-refractivity contribution is -0.133. The number of halogens is 5. The molecular formula is C18H17F5N2O4S. The third-order valence-electron chi connectivity index (χ3n) is 4.19. The number of nitrogens with one attached hydrogen (secondary N) is 1. The van der Waals surface area contributed by atoms with Crippen molar-refractivity contribution >= 4 is 15.7 Å². The van der Waals surface area contributed by atoms with E-state index < -0.39 is 51.9 Å². The van der Waals surface area contributed by atoms with E-state index in [0.717, 1.165) is 12.3 Å². The highest BCUT2D eigenvalue weighted by atomic mass is 32.2. The van der Waals surface area contributed by atoms with Crippen LogP contribution in [0.15, 0.2) is 42.6 Å². The van der Waals surface area contributed by atoms with E-state index in [1.54, 1.807) is 5.32 Å². The number of aromatic nitrogens is 1. The number of benzene rings is 1. The summed E-state index contributed by atoms with van der Waals surface area (Å²) in [6.45, 7) is -1.29. The maximum Gasteiger partial charge on any atom is 0.386 e. The van der Waals surface area contributed by atoms with Gasteiger partial charge in [-0.1, -0.05) is 30.3 Å². The molecule has 0 aliphatic heterocycles. The lowest BCUT2D eigenvalue weighted by Gasteiger charge is -2.22. The zero-order valence-corrected chi connectivity index (χ0v) is 16.2. The summed E-state index contributed by atoms with van der Waals surface area (Å²) in [7, 11) is -4.70. The van der Waals surface area contributed by atoms with E-state index in [1.807, 2.05) is 0 Å². The minimum Gasteiger partial charge on any atom is -0.386 e. The molecule has 0 spiro atoms. The van der Waals surface area contributed by atoms with E-state index in [4.69, 9.17) is 0 Å². The number of nitrogens with zero attached hydrogens (tertiary/aromatic N) is 1. The number of rotatable bonds is 8. The molecule has 0 saturated heterocycles. The van der Waals surface area contributed by atoms with Crippen molar-refractivity contribution in [1.29, 1.82) is 0 Å². The average molecular weight is 452 g/mol. The van der Waals surface area contributed by atoms with Gasteiger partial charge in [0, 0.05) is 18.0 Å². The zero-order valence-electron chi connectivity index (χ0n) is 15.4. The van der Waals surface area contributed by atoms with E-state index in [1.165, 1.54) is 30.3 Å². The summed E-state index contributed by atoms with van der Waals surface area (Å²) in [4.78, 5) is 14.5. The molecule has 2 aromatic rings. The number of hydrogen-bond donors (Lipinski definition) is 2. The number of carbonyl (C=O) groups is 1. The molecule has 0 unspecified atom stereocenters. The van der Waals surface area contributed by atoms with Gasteiger partial charge in [0.1, 0.15) is 18.5 Å². The van der Waals surface area contributed by atoms with Crippen molar-refractivity contribution in [3.63, 3.8) is 0 Å². The van der Waals surface area contributed by atoms with Crippen molar-refractivity contribution < 1.29 is 40.3 Å². The van der Waals surface area contributed by atoms with Crippen LogP contribution >= 0.6 is 0 Å². The molecule has 2 N–H and O–H groups in total. The number of aliphatic hydroxyl groups is 1. The Kier molecular flexibility index (Phi) is 7.14. The summed E-state index contributed by atoms with van der Waals surface area (Å²) >= 11 is 0. The van der Waals surface area contributed by atoms with E-state index in [0.29, 0.717) is 17.4 Å². The molecule has 1 amide bonds. The minimum atomic E-state index is -4.70. The fourth-order valence-electron chi connectivity index (χ4n) is 2.48. The van der Waals surface area contributed by atoms with Crippen LogP contribution in [0.5, 0.6) is 0 Å². The number of amides is 1. The van der Waals surface area contributed by atoms with Gasteiger partial charge in [-0.3, -0.25) is 9.78 Å². The van der Waals surface area contributed by atoms with Gasteiger partial charge in [-0.15, -0.1) is 0 Å². The zero-order chi connectivity index (χ0) is 22.7. The molecule has 30 heavy (non-hydrogen) atoms. The summed E-state index contributed by atoms with van der Waals surface area (Å²) in [6.07, 6.45) is -3.55. The van der Waals surface area contributed by atoms with Crippen molar-refractivity contribution in [2.75, 3.05) is 12.9 Å². The Labute approximate surface area is 168 Å². The molecule has 0 saturated carbocycles. The van der Waals surface area contributed by atoms with Gasteiger partial charge < -0.3 is 10.4 Å². The molecule has 1 aromatic heterocycles. The van der Waals surface area contributed by atoms with Crippen LogP contribution in [-0.2, 0) is 19.9 Å². The van der Waals surface area contributed by atoms with E-state index >= 15 is 0 Å². The summed E-state index contributed by atoms with van der Waals surface area (Å²) in [5.74, 6) is -1.72. The Hall–Kier alpha value is -2.60. The highest BCUT2D eigenvalue weighted by Gasteiger charge is 2.44. The quantitative estimate of drug-likeness (QED) is 0.601. The Morgan fingerprint density at radius 3 is 2.13 bits per heavy atom. The van der Waals surface area contributed by atoms with Crippen LogP contribution in [0.4, 0.5) is 22.0 Å². The topological polar surface area (TPSA) is 96.4 Å². The fourth-order valence-corrected chi connectivity index (χ4v) is 2.98. The Morgan fingerprint density at radius 1 is 1.13 bits per heavy atom. The molecule has 0 aliphatic carbocycles. The largest absolute Gasteiger partial charge is 0.386 e. The van der Waals surface area contributed by atoms with Gasteiger partial charge in [-0.05, 0) is 17.2 Å². The lowest BCUT2D eigenvalue weighted by Crippen LogP contribution is -2.43. The monoisotopic (exact) mass is 452 g/mol. The molecule has 2 rings (SSSR count). The predicted octanol–water partition coefficient (Wildman–Crippen LogP) is 2.60. The second-order valence-corrected chi connectivity index (χ2v) is 8.42. The van der Waals surface area contributed by atoms with Crippen molar-refractivity contribution in [3.8, 4) is 11.1 Å². The maximum absolute atomic E-state index is 13.8. The van der Waals surface area contributed by atoms with Gasteiger partial charge in [0.25, 0.3) is 5.91 Å². The highest BCUT2D eigenvalue weighted by molar-refractivity contribution is 7.91. The minimum absolute atomic E-state index is 0.115. The number of alkyl halides is 5. The van der Waals surface area contributed by atoms with E-state index in [-0.39, 0.29) is 5.56 Å².